The number of rotatable bonds is 7. The van der Waals surface area contributed by atoms with E-state index in [-0.39, 0.29) is 18.4 Å². The van der Waals surface area contributed by atoms with Gasteiger partial charge in [0.05, 0.1) is 19.8 Å². The van der Waals surface area contributed by atoms with Gasteiger partial charge in [0.2, 0.25) is 0 Å². The summed E-state index contributed by atoms with van der Waals surface area (Å²) in [6.45, 7) is 1.85. The van der Waals surface area contributed by atoms with Gasteiger partial charge in [-0.1, -0.05) is 29.3 Å². The van der Waals surface area contributed by atoms with Crippen LogP contribution in [0.2, 0.25) is 10.0 Å². The summed E-state index contributed by atoms with van der Waals surface area (Å²) in [7, 11) is 3.29. The molecule has 0 saturated heterocycles. The summed E-state index contributed by atoms with van der Waals surface area (Å²) in [4.78, 5) is 25.5. The second-order valence-corrected chi connectivity index (χ2v) is 7.01. The van der Waals surface area contributed by atoms with Crippen LogP contribution in [-0.2, 0) is 9.59 Å². The molecule has 3 N–H and O–H groups in total. The monoisotopic (exact) mass is 410 g/mol. The lowest BCUT2D eigenvalue weighted by atomic mass is 10.2. The van der Waals surface area contributed by atoms with E-state index in [0.717, 1.165) is 4.90 Å². The number of nitrogens with one attached hydrogen (secondary N) is 3. The molecular weight excluding hydrogens is 389 g/mol. The van der Waals surface area contributed by atoms with Crippen LogP contribution >= 0.6 is 23.2 Å². The highest BCUT2D eigenvalue weighted by Gasteiger charge is 2.24. The molecule has 0 saturated carbocycles. The zero-order chi connectivity index (χ0) is 20.0. The van der Waals surface area contributed by atoms with Crippen molar-refractivity contribution in [3.8, 4) is 5.75 Å². The van der Waals surface area contributed by atoms with Gasteiger partial charge in [0, 0.05) is 15.7 Å². The average Bonchev–Trinajstić information content (AvgIpc) is 2.61. The summed E-state index contributed by atoms with van der Waals surface area (Å²) in [6, 6.07) is 11.4. The maximum absolute atomic E-state index is 12.4. The molecule has 27 heavy (non-hydrogen) atoms. The topological polar surface area (TPSA) is 71.9 Å². The van der Waals surface area contributed by atoms with Crippen LogP contribution in [0, 0.1) is 0 Å². The number of methoxy groups -OCH3 is 1. The van der Waals surface area contributed by atoms with Crippen LogP contribution in [0.4, 0.5) is 11.4 Å². The molecule has 0 heterocycles. The smallest absolute Gasteiger partial charge is 0.282 e. The van der Waals surface area contributed by atoms with E-state index in [1.54, 1.807) is 56.4 Å². The van der Waals surface area contributed by atoms with Crippen LogP contribution in [0.15, 0.2) is 42.5 Å². The van der Waals surface area contributed by atoms with Crippen LogP contribution < -0.4 is 20.3 Å². The first-order valence-electron chi connectivity index (χ1n) is 8.32. The van der Waals surface area contributed by atoms with Gasteiger partial charge in [-0.15, -0.1) is 0 Å². The molecule has 2 aromatic carbocycles. The molecule has 6 nitrogen and oxygen atoms in total. The number of benzene rings is 2. The number of likely N-dealkylation sites (N-methyl/N-ethyl adjacent to an activating group) is 1. The Hall–Kier alpha value is -2.28. The number of anilines is 2. The van der Waals surface area contributed by atoms with Crippen molar-refractivity contribution in [1.29, 1.82) is 0 Å². The Kier molecular flexibility index (Phi) is 7.47. The van der Waals surface area contributed by atoms with Crippen LogP contribution in [0.5, 0.6) is 5.75 Å². The predicted octanol–water partition coefficient (Wildman–Crippen LogP) is 2.48. The molecule has 0 spiro atoms. The van der Waals surface area contributed by atoms with Crippen molar-refractivity contribution >= 4 is 46.4 Å². The predicted molar refractivity (Wildman–Crippen MR) is 108 cm³/mol. The molecule has 0 bridgehead atoms. The Balaban J connectivity index is 1.95. The second-order valence-electron chi connectivity index (χ2n) is 6.14. The zero-order valence-electron chi connectivity index (χ0n) is 15.3. The van der Waals surface area contributed by atoms with Crippen molar-refractivity contribution in [3.05, 3.63) is 52.5 Å². The Morgan fingerprint density at radius 2 is 1.81 bits per heavy atom. The van der Waals surface area contributed by atoms with Crippen molar-refractivity contribution in [3.63, 3.8) is 0 Å². The third kappa shape index (κ3) is 6.13. The summed E-state index contributed by atoms with van der Waals surface area (Å²) in [6.07, 6.45) is 0. The van der Waals surface area contributed by atoms with E-state index in [1.807, 2.05) is 0 Å². The number of ether oxygens (including phenoxy) is 1. The molecule has 0 aliphatic rings. The van der Waals surface area contributed by atoms with Crippen molar-refractivity contribution in [2.24, 2.45) is 0 Å². The molecule has 0 aliphatic heterocycles. The molecule has 2 aromatic rings. The van der Waals surface area contributed by atoms with Gasteiger partial charge in [-0.3, -0.25) is 9.59 Å². The highest BCUT2D eigenvalue weighted by molar-refractivity contribution is 6.31. The van der Waals surface area contributed by atoms with Crippen LogP contribution in [0.25, 0.3) is 0 Å². The molecule has 0 aliphatic carbocycles. The zero-order valence-corrected chi connectivity index (χ0v) is 16.8. The summed E-state index contributed by atoms with van der Waals surface area (Å²) >= 11 is 11.9. The number of amides is 2. The average molecular weight is 411 g/mol. The lowest BCUT2D eigenvalue weighted by molar-refractivity contribution is -0.885. The Morgan fingerprint density at radius 1 is 1.11 bits per heavy atom. The number of carbonyl (C=O) groups excluding carboxylic acids is 2. The highest BCUT2D eigenvalue weighted by atomic mass is 35.5. The SMILES string of the molecule is COc1ccc(Cl)cc1NC(=O)C[NH+](C)[C@@H](C)C(=O)Nc1cccc(Cl)c1. The van der Waals surface area contributed by atoms with E-state index >= 15 is 0 Å². The standard InChI is InChI=1S/C19H21Cl2N3O3/c1-12(19(26)22-15-6-4-5-13(20)9-15)24(2)11-18(25)23-16-10-14(21)7-8-17(16)27-3/h4-10,12H,11H2,1-3H3,(H,22,26)(H,23,25)/p+1/t12-/m0/s1. The van der Waals surface area contributed by atoms with Gasteiger partial charge in [-0.2, -0.15) is 0 Å². The van der Waals surface area contributed by atoms with Gasteiger partial charge in [-0.25, -0.2) is 0 Å². The fourth-order valence-electron chi connectivity index (χ4n) is 2.42. The molecule has 144 valence electrons. The number of halogens is 2. The fraction of sp³-hybridized carbons (Fsp3) is 0.263. The Morgan fingerprint density at radius 3 is 2.48 bits per heavy atom. The maximum atomic E-state index is 12.4. The van der Waals surface area contributed by atoms with E-state index in [4.69, 9.17) is 27.9 Å². The summed E-state index contributed by atoms with van der Waals surface area (Å²) in [5.74, 6) is 0.0514. The van der Waals surface area contributed by atoms with Crippen LogP contribution in [0.1, 0.15) is 6.92 Å². The van der Waals surface area contributed by atoms with Crippen molar-refractivity contribution in [2.75, 3.05) is 31.3 Å². The van der Waals surface area contributed by atoms with Crippen molar-refractivity contribution in [1.82, 2.24) is 0 Å². The lowest BCUT2D eigenvalue weighted by Gasteiger charge is -2.21. The van der Waals surface area contributed by atoms with Gasteiger partial charge >= 0.3 is 0 Å². The number of carbonyl (C=O) groups is 2. The van der Waals surface area contributed by atoms with E-state index in [0.29, 0.717) is 27.2 Å². The van der Waals surface area contributed by atoms with Crippen LogP contribution in [0.3, 0.4) is 0 Å². The first-order valence-corrected chi connectivity index (χ1v) is 9.08. The fourth-order valence-corrected chi connectivity index (χ4v) is 2.78. The van der Waals surface area contributed by atoms with Gasteiger partial charge in [0.15, 0.2) is 12.6 Å². The maximum Gasteiger partial charge on any atom is 0.282 e. The quantitative estimate of drug-likeness (QED) is 0.656. The van der Waals surface area contributed by atoms with Crippen molar-refractivity contribution < 1.29 is 19.2 Å². The second kappa shape index (κ2) is 9.60. The van der Waals surface area contributed by atoms with E-state index in [9.17, 15) is 9.59 Å². The van der Waals surface area contributed by atoms with E-state index in [1.165, 1.54) is 7.11 Å². The summed E-state index contributed by atoms with van der Waals surface area (Å²) < 4.78 is 5.21. The van der Waals surface area contributed by atoms with E-state index < -0.39 is 6.04 Å². The van der Waals surface area contributed by atoms with Crippen molar-refractivity contribution in [2.45, 2.75) is 13.0 Å². The minimum Gasteiger partial charge on any atom is -0.495 e. The third-order valence-electron chi connectivity index (χ3n) is 4.10. The third-order valence-corrected chi connectivity index (χ3v) is 4.57. The molecular formula is C19H22Cl2N3O3+. The van der Waals surface area contributed by atoms with Gasteiger partial charge in [0.25, 0.3) is 11.8 Å². The summed E-state index contributed by atoms with van der Waals surface area (Å²) in [5, 5.41) is 6.59. The first kappa shape index (κ1) is 21.0. The molecule has 1 unspecified atom stereocenters. The highest BCUT2D eigenvalue weighted by Crippen LogP contribution is 2.27. The minimum atomic E-state index is -0.448. The normalized spacial score (nSPS) is 12.8. The molecule has 8 heteroatoms. The Labute approximate surface area is 168 Å². The Bertz CT molecular complexity index is 830. The minimum absolute atomic E-state index is 0.0970. The molecule has 2 amide bonds. The molecule has 2 atom stereocenters. The molecule has 0 radical (unpaired) electrons. The van der Waals surface area contributed by atoms with Gasteiger partial charge in [-0.05, 0) is 43.3 Å². The first-order chi connectivity index (χ1) is 12.8. The molecule has 2 rings (SSSR count). The number of hydrogen-bond donors (Lipinski definition) is 3. The number of quaternary nitrogens is 1. The van der Waals surface area contributed by atoms with Crippen LogP contribution in [-0.4, -0.2) is 38.6 Å². The van der Waals surface area contributed by atoms with Gasteiger partial charge in [0.1, 0.15) is 5.75 Å². The summed E-state index contributed by atoms with van der Waals surface area (Å²) in [5.41, 5.74) is 1.10. The van der Waals surface area contributed by atoms with E-state index in [2.05, 4.69) is 10.6 Å². The van der Waals surface area contributed by atoms with Gasteiger partial charge < -0.3 is 20.3 Å². The largest absolute Gasteiger partial charge is 0.495 e. The lowest BCUT2D eigenvalue weighted by Crippen LogP contribution is -3.14. The molecule has 0 fully saturated rings. The molecule has 0 aromatic heterocycles. The number of hydrogen-bond acceptors (Lipinski definition) is 3.